The van der Waals surface area contributed by atoms with Crippen molar-refractivity contribution < 1.29 is 10.2 Å². The van der Waals surface area contributed by atoms with Gasteiger partial charge in [0.05, 0.1) is 12.7 Å². The smallest absolute Gasteiger partial charge is 0.0882 e. The van der Waals surface area contributed by atoms with Gasteiger partial charge in [0.25, 0.3) is 0 Å². The maximum atomic E-state index is 10.4. The molecule has 0 heterocycles. The molecule has 1 saturated carbocycles. The van der Waals surface area contributed by atoms with Crippen LogP contribution in [0.3, 0.4) is 0 Å². The third kappa shape index (κ3) is 1.97. The van der Waals surface area contributed by atoms with Gasteiger partial charge in [0.15, 0.2) is 0 Å². The highest BCUT2D eigenvalue weighted by Gasteiger charge is 2.41. The second kappa shape index (κ2) is 4.74. The third-order valence-electron chi connectivity index (χ3n) is 3.69. The van der Waals surface area contributed by atoms with E-state index < -0.39 is 6.10 Å². The molecule has 1 fully saturated rings. The molecule has 1 aliphatic carbocycles. The monoisotopic (exact) mass is 240 g/mol. The van der Waals surface area contributed by atoms with Gasteiger partial charge in [-0.2, -0.15) is 0 Å². The van der Waals surface area contributed by atoms with Gasteiger partial charge in [0.1, 0.15) is 0 Å². The molecule has 0 aliphatic heterocycles. The van der Waals surface area contributed by atoms with E-state index in [9.17, 15) is 10.2 Å². The molecule has 0 radical (unpaired) electrons. The van der Waals surface area contributed by atoms with Crippen LogP contribution in [0.4, 0.5) is 0 Å². The van der Waals surface area contributed by atoms with Crippen molar-refractivity contribution in [1.29, 1.82) is 0 Å². The molecule has 1 unspecified atom stereocenters. The van der Waals surface area contributed by atoms with Crippen LogP contribution in [0.25, 0.3) is 0 Å². The zero-order chi connectivity index (χ0) is 11.6. The van der Waals surface area contributed by atoms with Crippen molar-refractivity contribution >= 4 is 11.6 Å². The molecule has 1 aromatic carbocycles. The summed E-state index contributed by atoms with van der Waals surface area (Å²) in [5.74, 6) is 0. The van der Waals surface area contributed by atoms with E-state index in [0.717, 1.165) is 31.2 Å². The van der Waals surface area contributed by atoms with Crippen molar-refractivity contribution in [2.24, 2.45) is 5.41 Å². The van der Waals surface area contributed by atoms with Crippen LogP contribution in [0, 0.1) is 5.41 Å². The summed E-state index contributed by atoms with van der Waals surface area (Å²) in [5, 5.41) is 20.5. The van der Waals surface area contributed by atoms with E-state index in [0.29, 0.717) is 5.02 Å². The van der Waals surface area contributed by atoms with Gasteiger partial charge in [-0.15, -0.1) is 0 Å². The van der Waals surface area contributed by atoms with Crippen molar-refractivity contribution in [2.75, 3.05) is 6.61 Å². The molecule has 0 saturated heterocycles. The molecule has 16 heavy (non-hydrogen) atoms. The predicted molar refractivity (Wildman–Crippen MR) is 64.4 cm³/mol. The molecule has 2 rings (SSSR count). The zero-order valence-electron chi connectivity index (χ0n) is 9.19. The second-order valence-electron chi connectivity index (χ2n) is 4.65. The second-order valence-corrected chi connectivity index (χ2v) is 5.06. The van der Waals surface area contributed by atoms with Crippen LogP contribution in [-0.4, -0.2) is 16.8 Å². The highest BCUT2D eigenvalue weighted by atomic mass is 35.5. The van der Waals surface area contributed by atoms with E-state index in [1.165, 1.54) is 0 Å². The number of hydrogen-bond acceptors (Lipinski definition) is 2. The number of benzene rings is 1. The Morgan fingerprint density at radius 3 is 2.44 bits per heavy atom. The lowest BCUT2D eigenvalue weighted by atomic mass is 9.78. The number of halogens is 1. The maximum absolute atomic E-state index is 10.4. The molecule has 88 valence electrons. The Bertz CT molecular complexity index is 359. The highest BCUT2D eigenvalue weighted by molar-refractivity contribution is 6.31. The van der Waals surface area contributed by atoms with E-state index in [1.807, 2.05) is 18.2 Å². The first kappa shape index (κ1) is 11.9. The number of aliphatic hydroxyl groups excluding tert-OH is 2. The SMILES string of the molecule is OCC1(C(O)c2ccccc2Cl)CCCC1. The minimum absolute atomic E-state index is 0.0272. The molecular weight excluding hydrogens is 224 g/mol. The van der Waals surface area contributed by atoms with Crippen LogP contribution < -0.4 is 0 Å². The largest absolute Gasteiger partial charge is 0.396 e. The van der Waals surface area contributed by atoms with Crippen molar-refractivity contribution in [3.63, 3.8) is 0 Å². The lowest BCUT2D eigenvalue weighted by Crippen LogP contribution is -2.30. The van der Waals surface area contributed by atoms with Gasteiger partial charge in [0.2, 0.25) is 0 Å². The Kier molecular flexibility index (Phi) is 3.53. The molecule has 3 heteroatoms. The molecule has 2 N–H and O–H groups in total. The molecular formula is C13H17ClO2. The summed E-state index contributed by atoms with van der Waals surface area (Å²) >= 11 is 6.07. The predicted octanol–water partition coefficient (Wildman–Crippen LogP) is 2.93. The van der Waals surface area contributed by atoms with Gasteiger partial charge in [-0.1, -0.05) is 42.6 Å². The van der Waals surface area contributed by atoms with Crippen LogP contribution in [0.1, 0.15) is 37.4 Å². The summed E-state index contributed by atoms with van der Waals surface area (Å²) in [7, 11) is 0. The Labute approximate surface area is 101 Å². The van der Waals surface area contributed by atoms with Crippen LogP contribution >= 0.6 is 11.6 Å². The molecule has 2 nitrogen and oxygen atoms in total. The maximum Gasteiger partial charge on any atom is 0.0882 e. The first-order valence-electron chi connectivity index (χ1n) is 5.73. The van der Waals surface area contributed by atoms with E-state index in [4.69, 9.17) is 11.6 Å². The molecule has 0 bridgehead atoms. The molecule has 1 atom stereocenters. The van der Waals surface area contributed by atoms with E-state index in [-0.39, 0.29) is 12.0 Å². The van der Waals surface area contributed by atoms with Gasteiger partial charge in [-0.3, -0.25) is 0 Å². The molecule has 0 amide bonds. The van der Waals surface area contributed by atoms with E-state index >= 15 is 0 Å². The fourth-order valence-corrected chi connectivity index (χ4v) is 2.86. The number of aliphatic hydroxyl groups is 2. The Morgan fingerprint density at radius 2 is 1.88 bits per heavy atom. The van der Waals surface area contributed by atoms with Crippen LogP contribution in [0.5, 0.6) is 0 Å². The standard InChI is InChI=1S/C13H17ClO2/c14-11-6-2-1-5-10(11)12(16)13(9-15)7-3-4-8-13/h1-2,5-6,12,15-16H,3-4,7-9H2. The lowest BCUT2D eigenvalue weighted by molar-refractivity contribution is -0.0152. The summed E-state index contributed by atoms with van der Waals surface area (Å²) in [6.45, 7) is 0.0272. The van der Waals surface area contributed by atoms with Gasteiger partial charge >= 0.3 is 0 Å². The van der Waals surface area contributed by atoms with E-state index in [2.05, 4.69) is 0 Å². The quantitative estimate of drug-likeness (QED) is 0.853. The third-order valence-corrected chi connectivity index (χ3v) is 4.04. The molecule has 1 aliphatic rings. The van der Waals surface area contributed by atoms with Crippen molar-refractivity contribution in [2.45, 2.75) is 31.8 Å². The topological polar surface area (TPSA) is 40.5 Å². The Morgan fingerprint density at radius 1 is 1.25 bits per heavy atom. The van der Waals surface area contributed by atoms with E-state index in [1.54, 1.807) is 6.07 Å². The lowest BCUT2D eigenvalue weighted by Gasteiger charge is -2.33. The first-order valence-corrected chi connectivity index (χ1v) is 6.11. The Hall–Kier alpha value is -0.570. The minimum atomic E-state index is -0.659. The summed E-state index contributed by atoms with van der Waals surface area (Å²) in [4.78, 5) is 0. The number of rotatable bonds is 3. The van der Waals surface area contributed by atoms with Crippen LogP contribution in [0.15, 0.2) is 24.3 Å². The van der Waals surface area contributed by atoms with Crippen molar-refractivity contribution in [3.05, 3.63) is 34.9 Å². The van der Waals surface area contributed by atoms with Crippen molar-refractivity contribution in [3.8, 4) is 0 Å². The molecule has 0 aromatic heterocycles. The molecule has 1 aromatic rings. The number of hydrogen-bond donors (Lipinski definition) is 2. The minimum Gasteiger partial charge on any atom is -0.396 e. The average molecular weight is 241 g/mol. The normalized spacial score (nSPS) is 20.9. The van der Waals surface area contributed by atoms with Gasteiger partial charge in [0, 0.05) is 10.4 Å². The highest BCUT2D eigenvalue weighted by Crippen LogP contribution is 2.48. The summed E-state index contributed by atoms with van der Waals surface area (Å²) < 4.78 is 0. The average Bonchev–Trinajstić information content (AvgIpc) is 2.78. The fraction of sp³-hybridized carbons (Fsp3) is 0.538. The fourth-order valence-electron chi connectivity index (χ4n) is 2.62. The van der Waals surface area contributed by atoms with Gasteiger partial charge in [-0.25, -0.2) is 0 Å². The molecule has 0 spiro atoms. The van der Waals surface area contributed by atoms with Gasteiger partial charge in [-0.05, 0) is 24.5 Å². The summed E-state index contributed by atoms with van der Waals surface area (Å²) in [6, 6.07) is 7.33. The van der Waals surface area contributed by atoms with Crippen molar-refractivity contribution in [1.82, 2.24) is 0 Å². The zero-order valence-corrected chi connectivity index (χ0v) is 9.95. The van der Waals surface area contributed by atoms with Gasteiger partial charge < -0.3 is 10.2 Å². The van der Waals surface area contributed by atoms with Crippen LogP contribution in [0.2, 0.25) is 5.02 Å². The summed E-state index contributed by atoms with van der Waals surface area (Å²) in [6.07, 6.45) is 3.23. The summed E-state index contributed by atoms with van der Waals surface area (Å²) in [5.41, 5.74) is 0.352. The van der Waals surface area contributed by atoms with Crippen LogP contribution in [-0.2, 0) is 0 Å². The first-order chi connectivity index (χ1) is 7.69. The Balaban J connectivity index is 2.30.